The van der Waals surface area contributed by atoms with Crippen LogP contribution >= 0.6 is 0 Å². The van der Waals surface area contributed by atoms with Crippen LogP contribution in [0.25, 0.3) is 0 Å². The molecule has 2 aromatic rings. The SMILES string of the molecule is Cc1[nH][nH]c(=O)c1[C@H](c1ccccc1)C(C#N)C#N. The van der Waals surface area contributed by atoms with Gasteiger partial charge in [-0.15, -0.1) is 0 Å². The third kappa shape index (κ3) is 2.27. The van der Waals surface area contributed by atoms with E-state index in [4.69, 9.17) is 10.5 Å². The average Bonchev–Trinajstić information content (AvgIpc) is 2.77. The molecule has 0 spiro atoms. The standard InChI is InChI=1S/C14H12N4O/c1-9-12(14(19)18-17-9)13(11(7-15)8-16)10-5-3-2-4-6-10/h2-6,11,13H,1H3,(H2,17,18,19)/t13-/m1/s1. The largest absolute Gasteiger partial charge is 0.302 e. The van der Waals surface area contributed by atoms with E-state index in [1.165, 1.54) is 0 Å². The van der Waals surface area contributed by atoms with Crippen LogP contribution in [-0.2, 0) is 0 Å². The van der Waals surface area contributed by atoms with Crippen molar-refractivity contribution < 1.29 is 0 Å². The summed E-state index contributed by atoms with van der Waals surface area (Å²) in [4.78, 5) is 11.9. The summed E-state index contributed by atoms with van der Waals surface area (Å²) < 4.78 is 0. The lowest BCUT2D eigenvalue weighted by atomic mass is 9.82. The molecule has 0 aliphatic heterocycles. The van der Waals surface area contributed by atoms with Gasteiger partial charge in [-0.3, -0.25) is 9.89 Å². The molecule has 0 unspecified atom stereocenters. The Morgan fingerprint density at radius 1 is 1.11 bits per heavy atom. The number of H-pyrrole nitrogens is 2. The summed E-state index contributed by atoms with van der Waals surface area (Å²) in [6.07, 6.45) is 0. The minimum Gasteiger partial charge on any atom is -0.302 e. The van der Waals surface area contributed by atoms with Crippen molar-refractivity contribution in [3.05, 3.63) is 57.5 Å². The molecule has 0 fully saturated rings. The van der Waals surface area contributed by atoms with E-state index in [0.717, 1.165) is 5.56 Å². The third-order valence-electron chi connectivity index (χ3n) is 3.09. The van der Waals surface area contributed by atoms with Gasteiger partial charge in [0.25, 0.3) is 5.56 Å². The predicted octanol–water partition coefficient (Wildman–Crippen LogP) is 1.81. The van der Waals surface area contributed by atoms with E-state index in [9.17, 15) is 4.79 Å². The fourth-order valence-electron chi connectivity index (χ4n) is 2.19. The van der Waals surface area contributed by atoms with Gasteiger partial charge in [0.2, 0.25) is 0 Å². The van der Waals surface area contributed by atoms with Gasteiger partial charge in [0.05, 0.1) is 12.1 Å². The second-order valence-electron chi connectivity index (χ2n) is 4.24. The average molecular weight is 252 g/mol. The van der Waals surface area contributed by atoms with E-state index < -0.39 is 11.8 Å². The molecule has 94 valence electrons. The number of rotatable bonds is 3. The first kappa shape index (κ1) is 12.7. The first-order valence-corrected chi connectivity index (χ1v) is 5.80. The van der Waals surface area contributed by atoms with Crippen LogP contribution in [-0.4, -0.2) is 10.2 Å². The predicted molar refractivity (Wildman–Crippen MR) is 69.2 cm³/mol. The van der Waals surface area contributed by atoms with Crippen LogP contribution < -0.4 is 5.56 Å². The smallest absolute Gasteiger partial charge is 0.268 e. The Balaban J connectivity index is 2.64. The molecule has 2 rings (SSSR count). The molecule has 19 heavy (non-hydrogen) atoms. The maximum Gasteiger partial charge on any atom is 0.268 e. The van der Waals surface area contributed by atoms with Crippen LogP contribution in [0.1, 0.15) is 22.7 Å². The van der Waals surface area contributed by atoms with Crippen molar-refractivity contribution >= 4 is 0 Å². The topological polar surface area (TPSA) is 96.2 Å². The molecule has 0 saturated carbocycles. The Labute approximate surface area is 110 Å². The summed E-state index contributed by atoms with van der Waals surface area (Å²) in [5.74, 6) is -1.45. The van der Waals surface area contributed by atoms with Crippen LogP contribution in [0, 0.1) is 35.5 Å². The number of nitrogens with zero attached hydrogens (tertiary/aromatic N) is 2. The zero-order chi connectivity index (χ0) is 13.8. The molecule has 0 bridgehead atoms. The number of aromatic amines is 2. The molecule has 1 atom stereocenters. The van der Waals surface area contributed by atoms with E-state index in [1.807, 2.05) is 42.5 Å². The number of aryl methyl sites for hydroxylation is 1. The highest BCUT2D eigenvalue weighted by atomic mass is 16.1. The van der Waals surface area contributed by atoms with Crippen LogP contribution in [0.15, 0.2) is 35.1 Å². The van der Waals surface area contributed by atoms with Crippen molar-refractivity contribution in [2.45, 2.75) is 12.8 Å². The highest BCUT2D eigenvalue weighted by molar-refractivity contribution is 5.37. The van der Waals surface area contributed by atoms with Crippen LogP contribution in [0.2, 0.25) is 0 Å². The van der Waals surface area contributed by atoms with Gasteiger partial charge in [-0.25, -0.2) is 0 Å². The summed E-state index contributed by atoms with van der Waals surface area (Å²) in [5, 5.41) is 23.5. The number of nitrogens with one attached hydrogen (secondary N) is 2. The van der Waals surface area contributed by atoms with Gasteiger partial charge < -0.3 is 5.10 Å². The lowest BCUT2D eigenvalue weighted by Crippen LogP contribution is -2.19. The molecule has 5 heteroatoms. The summed E-state index contributed by atoms with van der Waals surface area (Å²) in [7, 11) is 0. The molecule has 1 aromatic heterocycles. The Hall–Kier alpha value is -2.79. The van der Waals surface area contributed by atoms with Crippen LogP contribution in [0.4, 0.5) is 0 Å². The van der Waals surface area contributed by atoms with Gasteiger partial charge in [-0.1, -0.05) is 30.3 Å². The van der Waals surface area contributed by atoms with Crippen molar-refractivity contribution in [2.75, 3.05) is 0 Å². The van der Waals surface area contributed by atoms with E-state index in [-0.39, 0.29) is 5.56 Å². The number of aromatic nitrogens is 2. The summed E-state index contributed by atoms with van der Waals surface area (Å²) >= 11 is 0. The minimum absolute atomic E-state index is 0.290. The Morgan fingerprint density at radius 3 is 2.21 bits per heavy atom. The van der Waals surface area contributed by atoms with Gasteiger partial charge in [0.1, 0.15) is 5.92 Å². The number of hydrogen-bond acceptors (Lipinski definition) is 3. The number of hydrogen-bond donors (Lipinski definition) is 2. The lowest BCUT2D eigenvalue weighted by molar-refractivity contribution is 0.700. The Bertz CT molecular complexity index is 686. The molecule has 0 radical (unpaired) electrons. The quantitative estimate of drug-likeness (QED) is 0.871. The summed E-state index contributed by atoms with van der Waals surface area (Å²) in [5.41, 5.74) is 1.58. The third-order valence-corrected chi connectivity index (χ3v) is 3.09. The second kappa shape index (κ2) is 5.24. The molecule has 1 aromatic carbocycles. The Morgan fingerprint density at radius 2 is 1.74 bits per heavy atom. The molecule has 0 aliphatic carbocycles. The minimum atomic E-state index is -0.905. The maximum atomic E-state index is 11.9. The van der Waals surface area contributed by atoms with E-state index in [0.29, 0.717) is 11.3 Å². The van der Waals surface area contributed by atoms with Crippen molar-refractivity contribution in [3.8, 4) is 12.1 Å². The van der Waals surface area contributed by atoms with E-state index in [1.54, 1.807) is 6.92 Å². The van der Waals surface area contributed by atoms with Crippen molar-refractivity contribution in [1.82, 2.24) is 10.2 Å². The fourth-order valence-corrected chi connectivity index (χ4v) is 2.19. The first-order valence-electron chi connectivity index (χ1n) is 5.80. The van der Waals surface area contributed by atoms with Gasteiger partial charge in [-0.2, -0.15) is 10.5 Å². The monoisotopic (exact) mass is 252 g/mol. The molecule has 0 saturated heterocycles. The van der Waals surface area contributed by atoms with Crippen LogP contribution in [0.3, 0.4) is 0 Å². The van der Waals surface area contributed by atoms with E-state index in [2.05, 4.69) is 10.2 Å². The zero-order valence-corrected chi connectivity index (χ0v) is 10.3. The number of nitriles is 2. The van der Waals surface area contributed by atoms with Crippen LogP contribution in [0.5, 0.6) is 0 Å². The summed E-state index contributed by atoms with van der Waals surface area (Å²) in [6.45, 7) is 1.75. The maximum absolute atomic E-state index is 11.9. The molecule has 0 amide bonds. The van der Waals surface area contributed by atoms with Gasteiger partial charge in [0, 0.05) is 17.2 Å². The van der Waals surface area contributed by atoms with Crippen molar-refractivity contribution in [2.24, 2.45) is 5.92 Å². The first-order chi connectivity index (χ1) is 9.19. The summed E-state index contributed by atoms with van der Waals surface area (Å²) in [6, 6.07) is 13.1. The van der Waals surface area contributed by atoms with Gasteiger partial charge >= 0.3 is 0 Å². The second-order valence-corrected chi connectivity index (χ2v) is 4.24. The normalized spacial score (nSPS) is 11.8. The highest BCUT2D eigenvalue weighted by Gasteiger charge is 2.29. The van der Waals surface area contributed by atoms with Gasteiger partial charge in [-0.05, 0) is 12.5 Å². The lowest BCUT2D eigenvalue weighted by Gasteiger charge is -2.16. The highest BCUT2D eigenvalue weighted by Crippen LogP contribution is 2.30. The number of benzene rings is 1. The van der Waals surface area contributed by atoms with Crippen molar-refractivity contribution in [1.29, 1.82) is 10.5 Å². The van der Waals surface area contributed by atoms with E-state index >= 15 is 0 Å². The molecular weight excluding hydrogens is 240 g/mol. The van der Waals surface area contributed by atoms with Gasteiger partial charge in [0.15, 0.2) is 0 Å². The zero-order valence-electron chi connectivity index (χ0n) is 10.3. The molecule has 0 aliphatic rings. The van der Waals surface area contributed by atoms with Crippen molar-refractivity contribution in [3.63, 3.8) is 0 Å². The fraction of sp³-hybridized carbons (Fsp3) is 0.214. The molecular formula is C14H12N4O. The molecule has 1 heterocycles. The molecule has 2 N–H and O–H groups in total. The Kier molecular flexibility index (Phi) is 3.49. The molecule has 5 nitrogen and oxygen atoms in total.